The van der Waals surface area contributed by atoms with Crippen LogP contribution in [0.5, 0.6) is 0 Å². The molecule has 2 aromatic heterocycles. The highest BCUT2D eigenvalue weighted by atomic mass is 35.5. The molecule has 0 radical (unpaired) electrons. The maximum absolute atomic E-state index is 11.7. The van der Waals surface area contributed by atoms with Gasteiger partial charge in [-0.15, -0.1) is 0 Å². The molecule has 114 valence electrons. The number of hydrogen-bond donors (Lipinski definition) is 1. The van der Waals surface area contributed by atoms with Gasteiger partial charge in [-0.25, -0.2) is 9.97 Å². The third kappa shape index (κ3) is 3.68. The minimum Gasteiger partial charge on any atom is -0.355 e. The van der Waals surface area contributed by atoms with Crippen LogP contribution in [0, 0.1) is 0 Å². The molecule has 2 rings (SSSR count). The molecule has 0 unspecified atom stereocenters. The quantitative estimate of drug-likeness (QED) is 0.805. The number of nitrogens with one attached hydrogen (secondary N) is 1. The Morgan fingerprint density at radius 2 is 2.19 bits per heavy atom. The van der Waals surface area contributed by atoms with E-state index in [1.165, 1.54) is 0 Å². The zero-order valence-corrected chi connectivity index (χ0v) is 13.2. The van der Waals surface area contributed by atoms with E-state index in [1.54, 1.807) is 10.9 Å². The van der Waals surface area contributed by atoms with Crippen molar-refractivity contribution in [2.24, 2.45) is 7.05 Å². The molecular weight excluding hydrogens is 292 g/mol. The molecule has 0 fully saturated rings. The molecule has 7 nitrogen and oxygen atoms in total. The van der Waals surface area contributed by atoms with Crippen LogP contribution in [0.3, 0.4) is 0 Å². The van der Waals surface area contributed by atoms with Crippen molar-refractivity contribution >= 4 is 28.5 Å². The van der Waals surface area contributed by atoms with Crippen molar-refractivity contribution in [3.63, 3.8) is 0 Å². The molecule has 0 bridgehead atoms. The number of carbonyl (C=O) groups is 1. The Morgan fingerprint density at radius 3 is 2.86 bits per heavy atom. The monoisotopic (exact) mass is 310 g/mol. The molecule has 8 heteroatoms. The van der Waals surface area contributed by atoms with Gasteiger partial charge in [-0.2, -0.15) is 5.10 Å². The first-order valence-corrected chi connectivity index (χ1v) is 7.26. The average Bonchev–Trinajstić information content (AvgIpc) is 2.80. The van der Waals surface area contributed by atoms with Crippen LogP contribution in [0.2, 0.25) is 5.15 Å². The Labute approximate surface area is 128 Å². The Hall–Kier alpha value is -1.73. The second-order valence-corrected chi connectivity index (χ2v) is 5.05. The molecule has 21 heavy (non-hydrogen) atoms. The van der Waals surface area contributed by atoms with Crippen LogP contribution in [0.15, 0.2) is 6.20 Å². The van der Waals surface area contributed by atoms with Gasteiger partial charge in [0, 0.05) is 13.6 Å². The number of halogens is 1. The molecule has 0 aromatic carbocycles. The predicted molar refractivity (Wildman–Crippen MR) is 80.9 cm³/mol. The summed E-state index contributed by atoms with van der Waals surface area (Å²) in [6, 6.07) is 0. The van der Waals surface area contributed by atoms with Gasteiger partial charge in [-0.3, -0.25) is 14.4 Å². The molecule has 2 aromatic rings. The fourth-order valence-corrected chi connectivity index (χ4v) is 2.27. The lowest BCUT2D eigenvalue weighted by Gasteiger charge is -2.18. The summed E-state index contributed by atoms with van der Waals surface area (Å²) in [6.45, 7) is 6.02. The van der Waals surface area contributed by atoms with E-state index in [9.17, 15) is 4.79 Å². The van der Waals surface area contributed by atoms with Crippen LogP contribution < -0.4 is 5.32 Å². The van der Waals surface area contributed by atoms with Gasteiger partial charge < -0.3 is 5.32 Å². The highest BCUT2D eigenvalue weighted by Gasteiger charge is 2.14. The number of nitrogens with zero attached hydrogens (tertiary/aromatic N) is 5. The fraction of sp³-hybridized carbons (Fsp3) is 0.538. The molecule has 0 aliphatic rings. The first-order chi connectivity index (χ1) is 10.0. The number of carbonyl (C=O) groups excluding carboxylic acids is 1. The Bertz CT molecular complexity index is 641. The van der Waals surface area contributed by atoms with Crippen molar-refractivity contribution in [3.8, 4) is 0 Å². The van der Waals surface area contributed by atoms with Gasteiger partial charge in [0.25, 0.3) is 0 Å². The minimum atomic E-state index is -0.00735. The van der Waals surface area contributed by atoms with Crippen molar-refractivity contribution in [1.29, 1.82) is 0 Å². The van der Waals surface area contributed by atoms with Crippen LogP contribution in [-0.2, 0) is 18.4 Å². The van der Waals surface area contributed by atoms with E-state index >= 15 is 0 Å². The highest BCUT2D eigenvalue weighted by Crippen LogP contribution is 2.19. The van der Waals surface area contributed by atoms with Crippen LogP contribution in [-0.4, -0.2) is 50.2 Å². The summed E-state index contributed by atoms with van der Waals surface area (Å²) in [5.74, 6) is 0.578. The molecule has 0 saturated heterocycles. The van der Waals surface area contributed by atoms with Crippen LogP contribution >= 0.6 is 11.6 Å². The summed E-state index contributed by atoms with van der Waals surface area (Å²) < 4.78 is 1.66. The Kier molecular flexibility index (Phi) is 5.08. The second kappa shape index (κ2) is 6.82. The number of fused-ring (bicyclic) bond motifs is 1. The smallest absolute Gasteiger partial charge is 0.234 e. The van der Waals surface area contributed by atoms with E-state index in [1.807, 2.05) is 25.8 Å². The maximum atomic E-state index is 11.7. The van der Waals surface area contributed by atoms with Gasteiger partial charge in [0.05, 0.1) is 24.7 Å². The summed E-state index contributed by atoms with van der Waals surface area (Å²) >= 11 is 6.16. The van der Waals surface area contributed by atoms with Gasteiger partial charge in [0.15, 0.2) is 5.65 Å². The third-order valence-electron chi connectivity index (χ3n) is 3.15. The zero-order chi connectivity index (χ0) is 15.4. The molecule has 0 saturated carbocycles. The summed E-state index contributed by atoms with van der Waals surface area (Å²) in [6.07, 6.45) is 1.65. The van der Waals surface area contributed by atoms with Gasteiger partial charge in [0.2, 0.25) is 5.91 Å². The van der Waals surface area contributed by atoms with Gasteiger partial charge in [-0.05, 0) is 13.5 Å². The normalized spacial score (nSPS) is 11.3. The summed E-state index contributed by atoms with van der Waals surface area (Å²) in [4.78, 5) is 22.4. The Morgan fingerprint density at radius 1 is 1.43 bits per heavy atom. The lowest BCUT2D eigenvalue weighted by atomic mass is 10.4. The predicted octanol–water partition coefficient (Wildman–Crippen LogP) is 0.975. The summed E-state index contributed by atoms with van der Waals surface area (Å²) in [5, 5.41) is 8.02. The number of aryl methyl sites for hydroxylation is 1. The molecule has 0 aliphatic heterocycles. The van der Waals surface area contributed by atoms with Crippen molar-refractivity contribution in [2.45, 2.75) is 20.4 Å². The largest absolute Gasteiger partial charge is 0.355 e. The lowest BCUT2D eigenvalue weighted by molar-refractivity contribution is -0.122. The molecule has 2 heterocycles. The first kappa shape index (κ1) is 15.7. The van der Waals surface area contributed by atoms with Crippen molar-refractivity contribution in [2.75, 3.05) is 19.6 Å². The van der Waals surface area contributed by atoms with Crippen molar-refractivity contribution in [3.05, 3.63) is 17.2 Å². The highest BCUT2D eigenvalue weighted by molar-refractivity contribution is 6.33. The van der Waals surface area contributed by atoms with E-state index in [4.69, 9.17) is 11.6 Å². The maximum Gasteiger partial charge on any atom is 0.234 e. The average molecular weight is 311 g/mol. The number of likely N-dealkylation sites (N-methyl/N-ethyl adjacent to an activating group) is 2. The fourth-order valence-electron chi connectivity index (χ4n) is 2.04. The molecule has 0 aliphatic carbocycles. The summed E-state index contributed by atoms with van der Waals surface area (Å²) in [7, 11) is 1.81. The number of hydrogen-bond acceptors (Lipinski definition) is 5. The van der Waals surface area contributed by atoms with Crippen LogP contribution in [0.25, 0.3) is 11.0 Å². The minimum absolute atomic E-state index is 0.00735. The second-order valence-electron chi connectivity index (χ2n) is 4.69. The Balaban J connectivity index is 2.17. The van der Waals surface area contributed by atoms with E-state index in [2.05, 4.69) is 20.4 Å². The van der Waals surface area contributed by atoms with Crippen LogP contribution in [0.4, 0.5) is 0 Å². The summed E-state index contributed by atoms with van der Waals surface area (Å²) in [5.41, 5.74) is 0.694. The number of rotatable bonds is 6. The van der Waals surface area contributed by atoms with Gasteiger partial charge >= 0.3 is 0 Å². The van der Waals surface area contributed by atoms with E-state index in [-0.39, 0.29) is 5.91 Å². The molecular formula is C13H19ClN6O. The van der Waals surface area contributed by atoms with Crippen molar-refractivity contribution < 1.29 is 4.79 Å². The van der Waals surface area contributed by atoms with Gasteiger partial charge in [0.1, 0.15) is 11.0 Å². The zero-order valence-electron chi connectivity index (χ0n) is 12.4. The lowest BCUT2D eigenvalue weighted by Crippen LogP contribution is -2.37. The number of amides is 1. The van der Waals surface area contributed by atoms with Crippen molar-refractivity contribution in [1.82, 2.24) is 30.0 Å². The van der Waals surface area contributed by atoms with Gasteiger partial charge in [-0.1, -0.05) is 18.5 Å². The third-order valence-corrected chi connectivity index (χ3v) is 3.43. The first-order valence-electron chi connectivity index (χ1n) is 6.88. The SMILES string of the molecule is CCNC(=O)CN(CC)Cc1nc(Cl)c2cnn(C)c2n1. The molecule has 0 spiro atoms. The van der Waals surface area contributed by atoms with Crippen LogP contribution in [0.1, 0.15) is 19.7 Å². The topological polar surface area (TPSA) is 75.9 Å². The van der Waals surface area contributed by atoms with E-state index < -0.39 is 0 Å². The number of aromatic nitrogens is 4. The molecule has 1 amide bonds. The van der Waals surface area contributed by atoms with E-state index in [0.717, 1.165) is 11.9 Å². The van der Waals surface area contributed by atoms with E-state index in [0.29, 0.717) is 36.3 Å². The standard InChI is InChI=1S/C13H19ClN6O/c1-4-15-11(21)8-20(5-2)7-10-17-12(14)9-6-16-19(3)13(9)18-10/h6H,4-5,7-8H2,1-3H3,(H,15,21). The molecule has 0 atom stereocenters. The molecule has 1 N–H and O–H groups in total.